The molecule has 3 rings (SSSR count). The number of rotatable bonds is 6. The second-order valence-electron chi connectivity index (χ2n) is 5.87. The van der Waals surface area contributed by atoms with Crippen LogP contribution < -0.4 is 10.1 Å². The van der Waals surface area contributed by atoms with Gasteiger partial charge >= 0.3 is 0 Å². The Kier molecular flexibility index (Phi) is 6.53. The van der Waals surface area contributed by atoms with Gasteiger partial charge in [-0.15, -0.1) is 0 Å². The number of benzene rings is 2. The van der Waals surface area contributed by atoms with Crippen molar-refractivity contribution in [3.05, 3.63) is 69.0 Å². The van der Waals surface area contributed by atoms with Crippen LogP contribution in [0.1, 0.15) is 15.9 Å². The van der Waals surface area contributed by atoms with Gasteiger partial charge in [0.2, 0.25) is 0 Å². The molecule has 0 aromatic heterocycles. The van der Waals surface area contributed by atoms with Gasteiger partial charge in [0.05, 0.1) is 12.0 Å². The first kappa shape index (κ1) is 20.2. The van der Waals surface area contributed by atoms with Crippen molar-refractivity contribution in [2.75, 3.05) is 20.2 Å². The Morgan fingerprint density at radius 2 is 1.96 bits per heavy atom. The average Bonchev–Trinajstić information content (AvgIpc) is 2.95. The number of methoxy groups -OCH3 is 1. The minimum atomic E-state index is -0.359. The number of halogens is 1. The quantitative estimate of drug-likeness (QED) is 0.660. The number of hydrogen-bond donors (Lipinski definition) is 1. The van der Waals surface area contributed by atoms with Crippen LogP contribution in [0.2, 0.25) is 0 Å². The second-order valence-corrected chi connectivity index (χ2v) is 7.78. The maximum atomic E-state index is 12.5. The van der Waals surface area contributed by atoms with E-state index in [1.54, 1.807) is 43.5 Å². The lowest BCUT2D eigenvalue weighted by Crippen LogP contribution is -2.37. The van der Waals surface area contributed by atoms with Gasteiger partial charge in [-0.1, -0.05) is 34.1 Å². The van der Waals surface area contributed by atoms with Crippen molar-refractivity contribution in [1.29, 1.82) is 0 Å². The minimum Gasteiger partial charge on any atom is -0.497 e. The molecule has 0 saturated carbocycles. The van der Waals surface area contributed by atoms with Crippen LogP contribution in [-0.2, 0) is 4.79 Å². The lowest BCUT2D eigenvalue weighted by atomic mass is 10.2. The first-order valence-electron chi connectivity index (χ1n) is 8.41. The molecule has 28 heavy (non-hydrogen) atoms. The van der Waals surface area contributed by atoms with E-state index in [0.717, 1.165) is 26.7 Å². The summed E-state index contributed by atoms with van der Waals surface area (Å²) < 4.78 is 5.90. The Balaban J connectivity index is 1.59. The highest BCUT2D eigenvalue weighted by molar-refractivity contribution is 9.10. The lowest BCUT2D eigenvalue weighted by molar-refractivity contribution is -0.122. The van der Waals surface area contributed by atoms with E-state index in [4.69, 9.17) is 4.74 Å². The number of thioether (sulfide) groups is 1. The van der Waals surface area contributed by atoms with E-state index in [0.29, 0.717) is 16.2 Å². The fraction of sp³-hybridized carbons (Fsp3) is 0.150. The number of carbonyl (C=O) groups excluding carboxylic acids is 3. The van der Waals surface area contributed by atoms with Crippen LogP contribution >= 0.6 is 27.7 Å². The Morgan fingerprint density at radius 3 is 2.64 bits per heavy atom. The number of ether oxygens (including phenoxy) is 1. The zero-order chi connectivity index (χ0) is 20.1. The van der Waals surface area contributed by atoms with Crippen LogP contribution in [0.3, 0.4) is 0 Å². The Hall–Kier alpha value is -2.58. The molecule has 144 valence electrons. The van der Waals surface area contributed by atoms with Crippen LogP contribution in [0.5, 0.6) is 5.75 Å². The van der Waals surface area contributed by atoms with Crippen LogP contribution in [0.4, 0.5) is 4.79 Å². The van der Waals surface area contributed by atoms with Gasteiger partial charge < -0.3 is 10.1 Å². The summed E-state index contributed by atoms with van der Waals surface area (Å²) in [7, 11) is 1.58. The molecular formula is C20H17BrN2O4S. The minimum absolute atomic E-state index is 0.115. The largest absolute Gasteiger partial charge is 0.497 e. The highest BCUT2D eigenvalue weighted by Crippen LogP contribution is 2.32. The summed E-state index contributed by atoms with van der Waals surface area (Å²) in [6, 6.07) is 14.2. The highest BCUT2D eigenvalue weighted by atomic mass is 79.9. The summed E-state index contributed by atoms with van der Waals surface area (Å²) in [4.78, 5) is 38.3. The van der Waals surface area contributed by atoms with Crippen LogP contribution in [0.15, 0.2) is 57.9 Å². The lowest BCUT2D eigenvalue weighted by Gasteiger charge is -2.13. The molecule has 3 amide bonds. The number of nitrogens with one attached hydrogen (secondary N) is 1. The molecule has 6 nitrogen and oxygen atoms in total. The molecule has 1 heterocycles. The van der Waals surface area contributed by atoms with Crippen LogP contribution in [0, 0.1) is 0 Å². The fourth-order valence-electron chi connectivity index (χ4n) is 2.56. The van der Waals surface area contributed by atoms with Crippen molar-refractivity contribution in [2.24, 2.45) is 0 Å². The summed E-state index contributed by atoms with van der Waals surface area (Å²) in [6.07, 6.45) is 1.67. The van der Waals surface area contributed by atoms with Gasteiger partial charge in [-0.05, 0) is 53.7 Å². The molecule has 1 N–H and O–H groups in total. The van der Waals surface area contributed by atoms with E-state index in [1.165, 1.54) is 0 Å². The molecule has 0 aliphatic carbocycles. The Bertz CT molecular complexity index is 943. The molecule has 0 unspecified atom stereocenters. The molecule has 2 aromatic rings. The van der Waals surface area contributed by atoms with Gasteiger partial charge in [-0.25, -0.2) is 0 Å². The molecule has 0 bridgehead atoms. The number of imide groups is 1. The smallest absolute Gasteiger partial charge is 0.293 e. The molecule has 0 radical (unpaired) electrons. The molecule has 2 aromatic carbocycles. The predicted octanol–water partition coefficient (Wildman–Crippen LogP) is 3.92. The highest BCUT2D eigenvalue weighted by Gasteiger charge is 2.34. The molecule has 1 aliphatic heterocycles. The van der Waals surface area contributed by atoms with Crippen molar-refractivity contribution < 1.29 is 19.1 Å². The van der Waals surface area contributed by atoms with Gasteiger partial charge in [0.25, 0.3) is 17.1 Å². The monoisotopic (exact) mass is 460 g/mol. The number of carbonyl (C=O) groups is 3. The Morgan fingerprint density at radius 1 is 1.21 bits per heavy atom. The van der Waals surface area contributed by atoms with Gasteiger partial charge in [0.15, 0.2) is 0 Å². The first-order valence-corrected chi connectivity index (χ1v) is 10.0. The van der Waals surface area contributed by atoms with Gasteiger partial charge in [0, 0.05) is 23.1 Å². The topological polar surface area (TPSA) is 75.7 Å². The number of nitrogens with zero attached hydrogens (tertiary/aromatic N) is 1. The molecule has 1 aliphatic rings. The maximum Gasteiger partial charge on any atom is 0.293 e. The Labute approximate surface area is 175 Å². The van der Waals surface area contributed by atoms with E-state index < -0.39 is 0 Å². The third-order valence-corrected chi connectivity index (χ3v) is 5.40. The summed E-state index contributed by atoms with van der Waals surface area (Å²) in [5.74, 6) is 0.0935. The molecule has 8 heteroatoms. The van der Waals surface area contributed by atoms with E-state index in [2.05, 4.69) is 21.2 Å². The van der Waals surface area contributed by atoms with Gasteiger partial charge in [0.1, 0.15) is 5.75 Å². The average molecular weight is 461 g/mol. The number of amides is 3. The van der Waals surface area contributed by atoms with Crippen molar-refractivity contribution in [3.63, 3.8) is 0 Å². The summed E-state index contributed by atoms with van der Waals surface area (Å²) in [6.45, 7) is 0.295. The SMILES string of the molecule is COc1ccc(/C=C2/SC(=O)N(CCNC(=O)c3cccc(Br)c3)C2=O)cc1. The second kappa shape index (κ2) is 9.07. The van der Waals surface area contributed by atoms with Gasteiger partial charge in [-0.2, -0.15) is 0 Å². The van der Waals surface area contributed by atoms with Crippen LogP contribution in [0.25, 0.3) is 6.08 Å². The summed E-state index contributed by atoms with van der Waals surface area (Å²) in [5.41, 5.74) is 1.30. The van der Waals surface area contributed by atoms with E-state index in [9.17, 15) is 14.4 Å². The molecule has 1 fully saturated rings. The first-order chi connectivity index (χ1) is 13.5. The van der Waals surface area contributed by atoms with Crippen molar-refractivity contribution >= 4 is 50.8 Å². The number of hydrogen-bond acceptors (Lipinski definition) is 5. The zero-order valence-electron chi connectivity index (χ0n) is 15.0. The van der Waals surface area contributed by atoms with Gasteiger partial charge in [-0.3, -0.25) is 19.3 Å². The summed E-state index contributed by atoms with van der Waals surface area (Å²) in [5, 5.41) is 2.38. The van der Waals surface area contributed by atoms with Crippen molar-refractivity contribution in [1.82, 2.24) is 10.2 Å². The van der Waals surface area contributed by atoms with Crippen molar-refractivity contribution in [3.8, 4) is 5.75 Å². The fourth-order valence-corrected chi connectivity index (χ4v) is 3.82. The zero-order valence-corrected chi connectivity index (χ0v) is 17.4. The van der Waals surface area contributed by atoms with E-state index >= 15 is 0 Å². The molecule has 0 spiro atoms. The predicted molar refractivity (Wildman–Crippen MR) is 112 cm³/mol. The standard InChI is InChI=1S/C20H17BrN2O4S/c1-27-16-7-5-13(6-8-16)11-17-19(25)23(20(26)28-17)10-9-22-18(24)14-3-2-4-15(21)12-14/h2-8,11-12H,9-10H2,1H3,(H,22,24)/b17-11+. The third kappa shape index (κ3) is 4.82. The van der Waals surface area contributed by atoms with Crippen molar-refractivity contribution in [2.45, 2.75) is 0 Å². The molecule has 0 atom stereocenters. The van der Waals surface area contributed by atoms with E-state index in [1.807, 2.05) is 18.2 Å². The maximum absolute atomic E-state index is 12.5. The third-order valence-electron chi connectivity index (χ3n) is 3.99. The summed E-state index contributed by atoms with van der Waals surface area (Å²) >= 11 is 4.21. The molecule has 1 saturated heterocycles. The normalized spacial score (nSPS) is 15.2. The van der Waals surface area contributed by atoms with E-state index in [-0.39, 0.29) is 30.1 Å². The molecular weight excluding hydrogens is 444 g/mol. The van der Waals surface area contributed by atoms with Crippen LogP contribution in [-0.4, -0.2) is 42.2 Å².